The molecule has 6 nitrogen and oxygen atoms in total. The van der Waals surface area contributed by atoms with Crippen LogP contribution in [0.25, 0.3) is 0 Å². The van der Waals surface area contributed by atoms with E-state index < -0.39 is 12.0 Å². The molecule has 17 heavy (non-hydrogen) atoms. The van der Waals surface area contributed by atoms with Gasteiger partial charge >= 0.3 is 12.4 Å². The molecule has 6 heteroatoms. The highest BCUT2D eigenvalue weighted by molar-refractivity contribution is 5.73. The average molecular weight is 238 g/mol. The molecule has 0 amide bonds. The molecule has 2 N–H and O–H groups in total. The van der Waals surface area contributed by atoms with Crippen LogP contribution in [0.4, 0.5) is 0 Å². The van der Waals surface area contributed by atoms with Gasteiger partial charge in [0.25, 0.3) is 0 Å². The first kappa shape index (κ1) is 13.1. The van der Waals surface area contributed by atoms with Crippen molar-refractivity contribution in [2.75, 3.05) is 7.05 Å². The van der Waals surface area contributed by atoms with Crippen molar-refractivity contribution in [1.82, 2.24) is 10.6 Å². The summed E-state index contributed by atoms with van der Waals surface area (Å²) in [6, 6.07) is 8.12. The zero-order valence-corrected chi connectivity index (χ0v) is 9.37. The van der Waals surface area contributed by atoms with Gasteiger partial charge in [0.15, 0.2) is 6.04 Å². The lowest BCUT2D eigenvalue weighted by Gasteiger charge is -2.24. The number of nitrogens with one attached hydrogen (secondary N) is 1. The van der Waals surface area contributed by atoms with Crippen LogP contribution in [0.15, 0.2) is 30.3 Å². The Kier molecular flexibility index (Phi) is 5.12. The molecule has 0 spiro atoms. The quantitative estimate of drug-likeness (QED) is 0.522. The number of benzene rings is 1. The molecule has 0 aliphatic rings. The Morgan fingerprint density at radius 2 is 2.18 bits per heavy atom. The van der Waals surface area contributed by atoms with Crippen LogP contribution in [-0.4, -0.2) is 35.8 Å². The van der Waals surface area contributed by atoms with Gasteiger partial charge in [-0.2, -0.15) is 0 Å². The molecular weight excluding hydrogens is 224 g/mol. The van der Waals surface area contributed by atoms with Crippen molar-refractivity contribution < 1.29 is 19.5 Å². The van der Waals surface area contributed by atoms with Gasteiger partial charge in [-0.15, -0.1) is 0 Å². The molecule has 0 saturated heterocycles. The lowest BCUT2D eigenvalue weighted by atomic mass is 10.1. The molecule has 0 bridgehead atoms. The summed E-state index contributed by atoms with van der Waals surface area (Å²) in [6.07, 6.45) is 0.227. The molecule has 1 atom stereocenters. The molecule has 1 aromatic rings. The van der Waals surface area contributed by atoms with Gasteiger partial charge in [-0.05, 0) is 5.56 Å². The van der Waals surface area contributed by atoms with Gasteiger partial charge in [-0.3, -0.25) is 9.59 Å². The summed E-state index contributed by atoms with van der Waals surface area (Å²) >= 11 is 0. The third-order valence-electron chi connectivity index (χ3n) is 2.22. The van der Waals surface area contributed by atoms with Crippen LogP contribution in [-0.2, 0) is 20.8 Å². The van der Waals surface area contributed by atoms with E-state index in [0.29, 0.717) is 0 Å². The van der Waals surface area contributed by atoms with Gasteiger partial charge in [0.05, 0.1) is 0 Å². The summed E-state index contributed by atoms with van der Waals surface area (Å²) in [5, 5.41) is 9.99. The number of hydrogen-bond donors (Lipinski definition) is 2. The summed E-state index contributed by atoms with van der Waals surface area (Å²) in [7, 11) is 1.48. The molecular formula is C11H14N2O4. The Bertz CT molecular complexity index is 369. The van der Waals surface area contributed by atoms with E-state index >= 15 is 0 Å². The van der Waals surface area contributed by atoms with E-state index in [9.17, 15) is 9.59 Å². The van der Waals surface area contributed by atoms with E-state index in [1.807, 2.05) is 30.3 Å². The number of carbonyl (C=O) groups excluding carboxylic acids is 1. The first-order chi connectivity index (χ1) is 8.19. The van der Waals surface area contributed by atoms with Crippen molar-refractivity contribution in [2.24, 2.45) is 0 Å². The number of hydroxylamine groups is 1. The lowest BCUT2D eigenvalue weighted by molar-refractivity contribution is -0.209. The molecule has 0 radical (unpaired) electrons. The number of aliphatic carboxylic acids is 1. The zero-order chi connectivity index (χ0) is 12.7. The van der Waals surface area contributed by atoms with Gasteiger partial charge in [0.2, 0.25) is 0 Å². The van der Waals surface area contributed by atoms with Crippen LogP contribution in [0.1, 0.15) is 5.56 Å². The lowest BCUT2D eigenvalue weighted by Crippen LogP contribution is -2.48. The van der Waals surface area contributed by atoms with Crippen molar-refractivity contribution in [3.63, 3.8) is 0 Å². The Labute approximate surface area is 98.7 Å². The maximum absolute atomic E-state index is 11.1. The Morgan fingerprint density at radius 3 is 2.65 bits per heavy atom. The molecule has 0 aliphatic heterocycles. The fraction of sp³-hybridized carbons (Fsp3) is 0.273. The van der Waals surface area contributed by atoms with E-state index in [-0.39, 0.29) is 12.9 Å². The highest BCUT2D eigenvalue weighted by atomic mass is 16.7. The van der Waals surface area contributed by atoms with E-state index in [1.54, 1.807) is 0 Å². The predicted octanol–water partition coefficient (Wildman–Crippen LogP) is 0.207. The molecule has 92 valence electrons. The van der Waals surface area contributed by atoms with Crippen molar-refractivity contribution in [2.45, 2.75) is 12.5 Å². The van der Waals surface area contributed by atoms with Crippen LogP contribution in [0.5, 0.6) is 0 Å². The monoisotopic (exact) mass is 238 g/mol. The fourth-order valence-electron chi connectivity index (χ4n) is 1.44. The molecule has 0 heterocycles. The summed E-state index contributed by atoms with van der Waals surface area (Å²) in [6.45, 7) is 0.178. The number of hydrogen-bond acceptors (Lipinski definition) is 5. The van der Waals surface area contributed by atoms with Gasteiger partial charge < -0.3 is 9.94 Å². The molecule has 0 fully saturated rings. The van der Waals surface area contributed by atoms with Crippen LogP contribution in [0.3, 0.4) is 0 Å². The van der Waals surface area contributed by atoms with E-state index in [1.165, 1.54) is 7.05 Å². The zero-order valence-electron chi connectivity index (χ0n) is 9.37. The highest BCUT2D eigenvalue weighted by Crippen LogP contribution is 2.08. The second kappa shape index (κ2) is 6.62. The van der Waals surface area contributed by atoms with Crippen LogP contribution >= 0.6 is 0 Å². The van der Waals surface area contributed by atoms with Crippen molar-refractivity contribution in [3.8, 4) is 0 Å². The van der Waals surface area contributed by atoms with Gasteiger partial charge in [-0.25, -0.2) is 5.43 Å². The van der Waals surface area contributed by atoms with Crippen molar-refractivity contribution in [3.05, 3.63) is 35.9 Å². The van der Waals surface area contributed by atoms with Crippen LogP contribution in [0, 0.1) is 0 Å². The number of carboxylic acid groups (broad SMARTS) is 1. The number of rotatable bonds is 7. The normalized spacial score (nSPS) is 12.1. The minimum Gasteiger partial charge on any atom is -0.480 e. The number of hydrazine groups is 1. The van der Waals surface area contributed by atoms with Gasteiger partial charge in [0, 0.05) is 13.5 Å². The summed E-state index contributed by atoms with van der Waals surface area (Å²) in [5.41, 5.74) is 3.35. The first-order valence-electron chi connectivity index (χ1n) is 5.02. The molecule has 1 aromatic carbocycles. The standard InChI is InChI=1S/C11H14N2O4/c1-12-13(17-8-14)10(11(15)16)7-9-5-3-2-4-6-9/h2-6,8,10,12H,7H2,1H3,(H,15,16)/t10-/m0/s1. The predicted molar refractivity (Wildman–Crippen MR) is 59.6 cm³/mol. The maximum atomic E-state index is 11.1. The summed E-state index contributed by atoms with van der Waals surface area (Å²) < 4.78 is 0. The minimum absolute atomic E-state index is 0.178. The largest absolute Gasteiger partial charge is 0.480 e. The smallest absolute Gasteiger partial charge is 0.326 e. The second-order valence-corrected chi connectivity index (χ2v) is 3.29. The van der Waals surface area contributed by atoms with Crippen molar-refractivity contribution >= 4 is 12.4 Å². The summed E-state index contributed by atoms with van der Waals surface area (Å²) in [4.78, 5) is 25.9. The average Bonchev–Trinajstić information content (AvgIpc) is 2.34. The number of carbonyl (C=O) groups is 2. The van der Waals surface area contributed by atoms with Crippen LogP contribution in [0.2, 0.25) is 0 Å². The number of nitrogens with zero attached hydrogens (tertiary/aromatic N) is 1. The fourth-order valence-corrected chi connectivity index (χ4v) is 1.44. The molecule has 0 aliphatic carbocycles. The van der Waals surface area contributed by atoms with Gasteiger partial charge in [-0.1, -0.05) is 35.5 Å². The van der Waals surface area contributed by atoms with E-state index in [0.717, 1.165) is 10.7 Å². The third-order valence-corrected chi connectivity index (χ3v) is 2.22. The molecule has 0 aromatic heterocycles. The highest BCUT2D eigenvalue weighted by Gasteiger charge is 2.26. The molecule has 0 saturated carbocycles. The number of carboxylic acids is 1. The van der Waals surface area contributed by atoms with Crippen molar-refractivity contribution in [1.29, 1.82) is 0 Å². The Morgan fingerprint density at radius 1 is 1.53 bits per heavy atom. The third kappa shape index (κ3) is 3.86. The second-order valence-electron chi connectivity index (χ2n) is 3.29. The first-order valence-corrected chi connectivity index (χ1v) is 5.02. The maximum Gasteiger partial charge on any atom is 0.326 e. The van der Waals surface area contributed by atoms with Gasteiger partial charge in [0.1, 0.15) is 0 Å². The summed E-state index contributed by atoms with van der Waals surface area (Å²) in [5.74, 6) is -1.08. The van der Waals surface area contributed by atoms with E-state index in [4.69, 9.17) is 5.11 Å². The Balaban J connectivity index is 2.78. The molecule has 0 unspecified atom stereocenters. The van der Waals surface area contributed by atoms with E-state index in [2.05, 4.69) is 10.3 Å². The SMILES string of the molecule is CNN(OC=O)[C@@H](Cc1ccccc1)C(=O)O. The van der Waals surface area contributed by atoms with Crippen LogP contribution < -0.4 is 5.43 Å². The molecule has 1 rings (SSSR count). The topological polar surface area (TPSA) is 78.9 Å². The minimum atomic E-state index is -1.08. The Hall–Kier alpha value is -1.92.